The third-order valence-electron chi connectivity index (χ3n) is 5.90. The van der Waals surface area contributed by atoms with E-state index in [4.69, 9.17) is 4.74 Å². The molecule has 2 heterocycles. The Hall–Kier alpha value is -3.04. The summed E-state index contributed by atoms with van der Waals surface area (Å²) >= 11 is 1.45. The number of carbonyl (C=O) groups excluding carboxylic acids is 4. The monoisotopic (exact) mass is 469 g/mol. The highest BCUT2D eigenvalue weighted by atomic mass is 32.1. The Labute approximate surface area is 196 Å². The number of imide groups is 1. The molecule has 0 radical (unpaired) electrons. The molecule has 1 aliphatic carbocycles. The van der Waals surface area contributed by atoms with Gasteiger partial charge in [-0.15, -0.1) is 11.3 Å². The van der Waals surface area contributed by atoms with Gasteiger partial charge in [0.15, 0.2) is 0 Å². The number of hydrogen-bond donors (Lipinski definition) is 2. The van der Waals surface area contributed by atoms with Gasteiger partial charge in [-0.3, -0.25) is 24.1 Å². The Morgan fingerprint density at radius 3 is 2.48 bits per heavy atom. The lowest BCUT2D eigenvalue weighted by atomic mass is 9.95. The van der Waals surface area contributed by atoms with Crippen molar-refractivity contribution in [3.05, 3.63) is 51.4 Å². The third kappa shape index (κ3) is 4.84. The molecule has 1 aromatic heterocycles. The normalized spacial score (nSPS) is 14.8. The Balaban J connectivity index is 1.42. The van der Waals surface area contributed by atoms with Crippen molar-refractivity contribution in [2.75, 3.05) is 32.1 Å². The van der Waals surface area contributed by atoms with Gasteiger partial charge in [0.05, 0.1) is 16.7 Å². The zero-order valence-electron chi connectivity index (χ0n) is 18.6. The van der Waals surface area contributed by atoms with Gasteiger partial charge in [0, 0.05) is 38.1 Å². The first-order chi connectivity index (χ1) is 16.0. The zero-order valence-corrected chi connectivity index (χ0v) is 19.4. The lowest BCUT2D eigenvalue weighted by Crippen LogP contribution is -2.33. The zero-order chi connectivity index (χ0) is 23.4. The van der Waals surface area contributed by atoms with E-state index in [1.807, 2.05) is 0 Å². The van der Waals surface area contributed by atoms with Crippen molar-refractivity contribution >= 4 is 40.0 Å². The van der Waals surface area contributed by atoms with E-state index in [-0.39, 0.29) is 36.6 Å². The van der Waals surface area contributed by atoms with E-state index >= 15 is 0 Å². The molecular weight excluding hydrogens is 442 g/mol. The minimum absolute atomic E-state index is 0.0121. The van der Waals surface area contributed by atoms with Gasteiger partial charge in [0.25, 0.3) is 17.7 Å². The maximum Gasteiger partial charge on any atom is 0.261 e. The van der Waals surface area contributed by atoms with Gasteiger partial charge < -0.3 is 15.4 Å². The highest BCUT2D eigenvalue weighted by Crippen LogP contribution is 2.38. The predicted octanol–water partition coefficient (Wildman–Crippen LogP) is 3.02. The summed E-state index contributed by atoms with van der Waals surface area (Å²) in [6.07, 6.45) is 4.46. The molecule has 0 saturated heterocycles. The summed E-state index contributed by atoms with van der Waals surface area (Å²) in [5.41, 5.74) is 2.29. The van der Waals surface area contributed by atoms with Crippen LogP contribution in [0.25, 0.3) is 0 Å². The topological polar surface area (TPSA) is 105 Å². The number of nitrogens with one attached hydrogen (secondary N) is 2. The van der Waals surface area contributed by atoms with E-state index < -0.39 is 0 Å². The fourth-order valence-corrected chi connectivity index (χ4v) is 5.55. The van der Waals surface area contributed by atoms with E-state index in [0.29, 0.717) is 41.3 Å². The molecule has 0 saturated carbocycles. The Morgan fingerprint density at radius 1 is 1.09 bits per heavy atom. The Kier molecular flexibility index (Phi) is 7.20. The smallest absolute Gasteiger partial charge is 0.261 e. The van der Waals surface area contributed by atoms with Crippen LogP contribution in [0.2, 0.25) is 0 Å². The van der Waals surface area contributed by atoms with Crippen molar-refractivity contribution in [2.45, 2.75) is 38.5 Å². The number of hydrogen-bond acceptors (Lipinski definition) is 6. The Bertz CT molecular complexity index is 1060. The maximum atomic E-state index is 12.9. The molecule has 4 rings (SSSR count). The van der Waals surface area contributed by atoms with Gasteiger partial charge in [0.1, 0.15) is 5.00 Å². The van der Waals surface area contributed by atoms with Crippen LogP contribution in [0.4, 0.5) is 5.00 Å². The predicted molar refractivity (Wildman–Crippen MR) is 125 cm³/mol. The number of carbonyl (C=O) groups is 4. The Morgan fingerprint density at radius 2 is 1.79 bits per heavy atom. The van der Waals surface area contributed by atoms with E-state index in [0.717, 1.165) is 41.0 Å². The number of anilines is 1. The van der Waals surface area contributed by atoms with E-state index in [1.165, 1.54) is 11.3 Å². The van der Waals surface area contributed by atoms with Crippen molar-refractivity contribution in [2.24, 2.45) is 0 Å². The van der Waals surface area contributed by atoms with Crippen LogP contribution in [0.3, 0.4) is 0 Å². The molecule has 0 spiro atoms. The van der Waals surface area contributed by atoms with Crippen molar-refractivity contribution in [3.8, 4) is 0 Å². The van der Waals surface area contributed by atoms with Crippen LogP contribution >= 0.6 is 11.3 Å². The lowest BCUT2D eigenvalue weighted by molar-refractivity contribution is -0.116. The summed E-state index contributed by atoms with van der Waals surface area (Å²) in [5, 5.41) is 6.33. The first-order valence-electron chi connectivity index (χ1n) is 11.2. The standard InChI is InChI=1S/C24H27N3O5S/c1-32-14-6-12-25-21(29)20-17-9-4-5-10-18(17)33-22(20)26-19(28)11-13-27-23(30)15-7-2-3-8-16(15)24(27)31/h2-3,7-8H,4-6,9-14H2,1H3,(H,25,29)(H,26,28). The number of ether oxygens (including phenoxy) is 1. The first kappa shape index (κ1) is 23.1. The average Bonchev–Trinajstić information content (AvgIpc) is 3.30. The molecule has 1 aromatic carbocycles. The van der Waals surface area contributed by atoms with Gasteiger partial charge in [-0.05, 0) is 49.8 Å². The number of amides is 4. The number of aryl methyl sites for hydroxylation is 1. The molecule has 0 fully saturated rings. The number of rotatable bonds is 9. The molecule has 2 aliphatic rings. The first-order valence-corrected chi connectivity index (χ1v) is 12.0. The average molecular weight is 470 g/mol. The summed E-state index contributed by atoms with van der Waals surface area (Å²) < 4.78 is 5.03. The van der Waals surface area contributed by atoms with Crippen LogP contribution < -0.4 is 10.6 Å². The molecule has 0 bridgehead atoms. The fraction of sp³-hybridized carbons (Fsp3) is 0.417. The summed E-state index contributed by atoms with van der Waals surface area (Å²) in [5.74, 6) is -1.29. The third-order valence-corrected chi connectivity index (χ3v) is 7.11. The summed E-state index contributed by atoms with van der Waals surface area (Å²) in [7, 11) is 1.62. The molecule has 33 heavy (non-hydrogen) atoms. The minimum Gasteiger partial charge on any atom is -0.385 e. The SMILES string of the molecule is COCCCNC(=O)c1c(NC(=O)CCN2C(=O)c3ccccc3C2=O)sc2c1CCCC2. The number of benzene rings is 1. The van der Waals surface area contributed by atoms with E-state index in [9.17, 15) is 19.2 Å². The number of nitrogens with zero attached hydrogens (tertiary/aromatic N) is 1. The molecule has 9 heteroatoms. The summed E-state index contributed by atoms with van der Waals surface area (Å²) in [6.45, 7) is 1.04. The van der Waals surface area contributed by atoms with Crippen LogP contribution in [-0.2, 0) is 22.4 Å². The molecule has 174 valence electrons. The molecule has 2 N–H and O–H groups in total. The van der Waals surface area contributed by atoms with E-state index in [2.05, 4.69) is 10.6 Å². The van der Waals surface area contributed by atoms with Gasteiger partial charge in [-0.25, -0.2) is 0 Å². The largest absolute Gasteiger partial charge is 0.385 e. The van der Waals surface area contributed by atoms with Crippen LogP contribution in [0.5, 0.6) is 0 Å². The van der Waals surface area contributed by atoms with Crippen molar-refractivity contribution in [1.82, 2.24) is 10.2 Å². The number of fused-ring (bicyclic) bond motifs is 2. The molecule has 8 nitrogen and oxygen atoms in total. The van der Waals surface area contributed by atoms with Crippen LogP contribution in [-0.4, -0.2) is 55.3 Å². The van der Waals surface area contributed by atoms with Gasteiger partial charge in [-0.1, -0.05) is 12.1 Å². The molecule has 0 unspecified atom stereocenters. The highest BCUT2D eigenvalue weighted by Gasteiger charge is 2.35. The summed E-state index contributed by atoms with van der Waals surface area (Å²) in [6, 6.07) is 6.65. The number of methoxy groups -OCH3 is 1. The second kappa shape index (κ2) is 10.3. The summed E-state index contributed by atoms with van der Waals surface area (Å²) in [4.78, 5) is 52.9. The fourth-order valence-electron chi connectivity index (χ4n) is 4.25. The highest BCUT2D eigenvalue weighted by molar-refractivity contribution is 7.17. The van der Waals surface area contributed by atoms with Gasteiger partial charge in [0.2, 0.25) is 5.91 Å². The quantitative estimate of drug-likeness (QED) is 0.434. The van der Waals surface area contributed by atoms with E-state index in [1.54, 1.807) is 31.4 Å². The second-order valence-corrected chi connectivity index (χ2v) is 9.23. The molecule has 0 atom stereocenters. The maximum absolute atomic E-state index is 12.9. The van der Waals surface area contributed by atoms with Crippen molar-refractivity contribution in [1.29, 1.82) is 0 Å². The number of thiophene rings is 1. The minimum atomic E-state index is -0.383. The van der Waals surface area contributed by atoms with Crippen molar-refractivity contribution in [3.63, 3.8) is 0 Å². The van der Waals surface area contributed by atoms with Gasteiger partial charge in [-0.2, -0.15) is 0 Å². The molecule has 4 amide bonds. The van der Waals surface area contributed by atoms with Gasteiger partial charge >= 0.3 is 0 Å². The molecule has 2 aromatic rings. The van der Waals surface area contributed by atoms with Crippen molar-refractivity contribution < 1.29 is 23.9 Å². The lowest BCUT2D eigenvalue weighted by Gasteiger charge is -2.14. The second-order valence-electron chi connectivity index (χ2n) is 8.12. The van der Waals surface area contributed by atoms with Crippen LogP contribution in [0.1, 0.15) is 67.2 Å². The van der Waals surface area contributed by atoms with Crippen LogP contribution in [0.15, 0.2) is 24.3 Å². The molecule has 1 aliphatic heterocycles. The van der Waals surface area contributed by atoms with Crippen LogP contribution in [0, 0.1) is 0 Å². The molecular formula is C24H27N3O5S.